The average molecular weight is 508 g/mol. The number of hydrogen-bond donors (Lipinski definition) is 4. The van der Waals surface area contributed by atoms with Crippen LogP contribution in [0.15, 0.2) is 47.5 Å². The number of aromatic hydroxyl groups is 1. The maximum absolute atomic E-state index is 10.2. The van der Waals surface area contributed by atoms with Gasteiger partial charge in [-0.1, -0.05) is 30.3 Å². The van der Waals surface area contributed by atoms with Crippen LogP contribution in [0.4, 0.5) is 0 Å². The predicted octanol–water partition coefficient (Wildman–Crippen LogP) is 4.11. The van der Waals surface area contributed by atoms with Crippen molar-refractivity contribution in [2.24, 2.45) is 4.99 Å². The molecule has 0 unspecified atom stereocenters. The monoisotopic (exact) mass is 508 g/mol. The summed E-state index contributed by atoms with van der Waals surface area (Å²) >= 11 is 0. The van der Waals surface area contributed by atoms with Crippen molar-refractivity contribution >= 4 is 40.8 Å². The summed E-state index contributed by atoms with van der Waals surface area (Å²) in [4.78, 5) is 8.04. The van der Waals surface area contributed by atoms with Gasteiger partial charge < -0.3 is 25.5 Å². The summed E-state index contributed by atoms with van der Waals surface area (Å²) in [7, 11) is 1.54. The third-order valence-electron chi connectivity index (χ3n) is 4.75. The Labute approximate surface area is 188 Å². The number of fused-ring (bicyclic) bond motifs is 1. The Morgan fingerprint density at radius 2 is 1.93 bits per heavy atom. The Balaban J connectivity index is 0.00000300. The second-order valence-corrected chi connectivity index (χ2v) is 6.61. The molecule has 4 N–H and O–H groups in total. The van der Waals surface area contributed by atoms with Crippen molar-refractivity contribution in [1.82, 2.24) is 15.6 Å². The third-order valence-corrected chi connectivity index (χ3v) is 4.75. The highest BCUT2D eigenvalue weighted by Gasteiger charge is 2.09. The molecule has 0 spiro atoms. The Bertz CT molecular complexity index is 969. The van der Waals surface area contributed by atoms with E-state index in [9.17, 15) is 5.11 Å². The number of halogens is 1. The SMILES string of the molecule is CCNC(=NCc1cccc(OC)c1O)NCCc1c(C)[nH]c2ccccc12.I. The van der Waals surface area contributed by atoms with Crippen molar-refractivity contribution < 1.29 is 9.84 Å². The van der Waals surface area contributed by atoms with Gasteiger partial charge in [-0.3, -0.25) is 0 Å². The van der Waals surface area contributed by atoms with Gasteiger partial charge in [0.2, 0.25) is 0 Å². The van der Waals surface area contributed by atoms with Crippen LogP contribution in [0.3, 0.4) is 0 Å². The number of H-pyrrole nitrogens is 1. The van der Waals surface area contributed by atoms with E-state index in [0.29, 0.717) is 12.3 Å². The molecule has 29 heavy (non-hydrogen) atoms. The van der Waals surface area contributed by atoms with Crippen LogP contribution < -0.4 is 15.4 Å². The fourth-order valence-corrected chi connectivity index (χ4v) is 3.33. The molecule has 0 atom stereocenters. The minimum atomic E-state index is 0. The number of aliphatic imine (C=N–C) groups is 1. The molecule has 0 aliphatic rings. The summed E-state index contributed by atoms with van der Waals surface area (Å²) in [5.74, 6) is 1.32. The van der Waals surface area contributed by atoms with Gasteiger partial charge in [-0.25, -0.2) is 4.99 Å². The van der Waals surface area contributed by atoms with Crippen LogP contribution in [-0.4, -0.2) is 36.2 Å². The summed E-state index contributed by atoms with van der Waals surface area (Å²) in [6.07, 6.45) is 0.894. The zero-order valence-corrected chi connectivity index (χ0v) is 19.4. The molecule has 0 amide bonds. The Morgan fingerprint density at radius 1 is 1.14 bits per heavy atom. The van der Waals surface area contributed by atoms with Crippen LogP contribution in [0, 0.1) is 6.92 Å². The molecule has 0 saturated heterocycles. The van der Waals surface area contributed by atoms with E-state index in [0.717, 1.165) is 31.0 Å². The zero-order chi connectivity index (χ0) is 19.9. The molecule has 1 aromatic heterocycles. The van der Waals surface area contributed by atoms with Crippen LogP contribution >= 0.6 is 24.0 Å². The fraction of sp³-hybridized carbons (Fsp3) is 0.318. The van der Waals surface area contributed by atoms with Crippen molar-refractivity contribution in [3.8, 4) is 11.5 Å². The average Bonchev–Trinajstić information content (AvgIpc) is 3.02. The van der Waals surface area contributed by atoms with Gasteiger partial charge in [-0.2, -0.15) is 0 Å². The number of phenolic OH excluding ortho intramolecular Hbond substituents is 1. The van der Waals surface area contributed by atoms with Crippen molar-refractivity contribution in [3.05, 3.63) is 59.3 Å². The first-order valence-electron chi connectivity index (χ1n) is 9.57. The van der Waals surface area contributed by atoms with E-state index in [4.69, 9.17) is 4.74 Å². The minimum Gasteiger partial charge on any atom is -0.504 e. The Kier molecular flexibility index (Phi) is 8.63. The lowest BCUT2D eigenvalue weighted by Crippen LogP contribution is -2.38. The number of rotatable bonds is 7. The van der Waals surface area contributed by atoms with E-state index in [1.165, 1.54) is 22.2 Å². The van der Waals surface area contributed by atoms with Crippen LogP contribution in [0.25, 0.3) is 10.9 Å². The molecule has 0 bridgehead atoms. The molecular formula is C22H29IN4O2. The molecular weight excluding hydrogens is 479 g/mol. The number of aromatic amines is 1. The van der Waals surface area contributed by atoms with Gasteiger partial charge in [0.25, 0.3) is 0 Å². The quantitative estimate of drug-likeness (QED) is 0.220. The molecule has 7 heteroatoms. The van der Waals surface area contributed by atoms with Crippen LogP contribution in [0.5, 0.6) is 11.5 Å². The number of nitrogens with one attached hydrogen (secondary N) is 3. The molecule has 156 valence electrons. The number of methoxy groups -OCH3 is 1. The van der Waals surface area contributed by atoms with Crippen molar-refractivity contribution in [2.45, 2.75) is 26.8 Å². The number of phenols is 1. The van der Waals surface area contributed by atoms with Gasteiger partial charge in [0.1, 0.15) is 0 Å². The van der Waals surface area contributed by atoms with E-state index >= 15 is 0 Å². The molecule has 3 aromatic rings. The lowest BCUT2D eigenvalue weighted by atomic mass is 10.1. The minimum absolute atomic E-state index is 0. The predicted molar refractivity (Wildman–Crippen MR) is 130 cm³/mol. The summed E-state index contributed by atoms with van der Waals surface area (Å²) in [5.41, 5.74) is 4.42. The first kappa shape index (κ1) is 22.9. The number of benzene rings is 2. The zero-order valence-electron chi connectivity index (χ0n) is 17.1. The summed E-state index contributed by atoms with van der Waals surface area (Å²) in [6.45, 7) is 6.04. The van der Waals surface area contributed by atoms with Gasteiger partial charge >= 0.3 is 0 Å². The van der Waals surface area contributed by atoms with E-state index in [1.807, 2.05) is 25.1 Å². The number of nitrogens with zero attached hydrogens (tertiary/aromatic N) is 1. The number of aryl methyl sites for hydroxylation is 1. The first-order chi connectivity index (χ1) is 13.6. The van der Waals surface area contributed by atoms with E-state index in [2.05, 4.69) is 45.7 Å². The van der Waals surface area contributed by atoms with Crippen molar-refractivity contribution in [3.63, 3.8) is 0 Å². The standard InChI is InChI=1S/C22H28N4O2.HI/c1-4-23-22(25-14-16-8-7-11-20(28-3)21(16)27)24-13-12-17-15(2)26-19-10-6-5-9-18(17)19;/h5-11,26-27H,4,12-14H2,1-3H3,(H2,23,24,25);1H. The summed E-state index contributed by atoms with van der Waals surface area (Å²) in [6, 6.07) is 13.8. The molecule has 6 nitrogen and oxygen atoms in total. The highest BCUT2D eigenvalue weighted by Crippen LogP contribution is 2.29. The van der Waals surface area contributed by atoms with E-state index in [1.54, 1.807) is 13.2 Å². The van der Waals surface area contributed by atoms with Gasteiger partial charge in [0.05, 0.1) is 13.7 Å². The second kappa shape index (κ2) is 10.9. The van der Waals surface area contributed by atoms with Crippen molar-refractivity contribution in [1.29, 1.82) is 0 Å². The van der Waals surface area contributed by atoms with Crippen LogP contribution in [0.1, 0.15) is 23.7 Å². The fourth-order valence-electron chi connectivity index (χ4n) is 3.33. The molecule has 2 aromatic carbocycles. The summed E-state index contributed by atoms with van der Waals surface area (Å²) in [5, 5.41) is 18.1. The first-order valence-corrected chi connectivity index (χ1v) is 9.57. The maximum atomic E-state index is 10.2. The Hall–Kier alpha value is -2.42. The number of ether oxygens (including phenoxy) is 1. The number of guanidine groups is 1. The van der Waals surface area contributed by atoms with Gasteiger partial charge in [-0.05, 0) is 38.0 Å². The Morgan fingerprint density at radius 3 is 2.69 bits per heavy atom. The van der Waals surface area contributed by atoms with Gasteiger partial charge in [0.15, 0.2) is 17.5 Å². The number of para-hydroxylation sites is 2. The number of aromatic nitrogens is 1. The topological polar surface area (TPSA) is 81.7 Å². The highest BCUT2D eigenvalue weighted by atomic mass is 127. The van der Waals surface area contributed by atoms with E-state index in [-0.39, 0.29) is 29.7 Å². The summed E-state index contributed by atoms with van der Waals surface area (Å²) < 4.78 is 5.16. The lowest BCUT2D eigenvalue weighted by Gasteiger charge is -2.12. The molecule has 1 heterocycles. The van der Waals surface area contributed by atoms with Gasteiger partial charge in [-0.15, -0.1) is 24.0 Å². The molecule has 3 rings (SSSR count). The van der Waals surface area contributed by atoms with E-state index < -0.39 is 0 Å². The third kappa shape index (κ3) is 5.56. The largest absolute Gasteiger partial charge is 0.504 e. The normalized spacial score (nSPS) is 11.2. The molecule has 0 aliphatic carbocycles. The van der Waals surface area contributed by atoms with Crippen molar-refractivity contribution in [2.75, 3.05) is 20.2 Å². The lowest BCUT2D eigenvalue weighted by molar-refractivity contribution is 0.370. The molecule has 0 saturated carbocycles. The smallest absolute Gasteiger partial charge is 0.191 e. The number of hydrogen-bond acceptors (Lipinski definition) is 3. The highest BCUT2D eigenvalue weighted by molar-refractivity contribution is 14.0. The molecule has 0 fully saturated rings. The van der Waals surface area contributed by atoms with Crippen LogP contribution in [0.2, 0.25) is 0 Å². The maximum Gasteiger partial charge on any atom is 0.191 e. The molecule has 0 radical (unpaired) electrons. The second-order valence-electron chi connectivity index (χ2n) is 6.61. The van der Waals surface area contributed by atoms with Crippen LogP contribution in [-0.2, 0) is 13.0 Å². The molecule has 0 aliphatic heterocycles. The van der Waals surface area contributed by atoms with Gasteiger partial charge in [0, 0.05) is 35.2 Å².